The Morgan fingerprint density at radius 3 is 1.86 bits per heavy atom. The van der Waals surface area contributed by atoms with E-state index in [1.807, 2.05) is 0 Å². The Labute approximate surface area is 186 Å². The normalized spacial score (nSPS) is 13.8. The van der Waals surface area contributed by atoms with E-state index in [2.05, 4.69) is 0 Å². The number of benzene rings is 3. The Morgan fingerprint density at radius 1 is 0.724 bits per heavy atom. The van der Waals surface area contributed by atoms with Gasteiger partial charge in [-0.15, -0.1) is 0 Å². The van der Waals surface area contributed by atoms with Gasteiger partial charge in [0.25, 0.3) is 10.1 Å². The molecule has 10 heteroatoms. The van der Waals surface area contributed by atoms with E-state index in [0.29, 0.717) is 5.02 Å². The van der Waals surface area contributed by atoms with Crippen LogP contribution >= 0.6 is 46.4 Å². The lowest BCUT2D eigenvalue weighted by molar-refractivity contribution is 0.431. The number of hydrogen-bond acceptors (Lipinski definition) is 4. The van der Waals surface area contributed by atoms with Crippen molar-refractivity contribution in [2.45, 2.75) is 4.75 Å². The molecule has 1 atom stereocenters. The molecule has 0 saturated carbocycles. The highest BCUT2D eigenvalue weighted by Crippen LogP contribution is 2.50. The van der Waals surface area contributed by atoms with Gasteiger partial charge in [-0.25, -0.2) is 0 Å². The Kier molecular flexibility index (Phi) is 5.98. The maximum atomic E-state index is 12.9. The minimum absolute atomic E-state index is 0.0191. The molecule has 3 aromatic rings. The van der Waals surface area contributed by atoms with Crippen molar-refractivity contribution in [3.63, 3.8) is 0 Å². The lowest BCUT2D eigenvalue weighted by atomic mass is 9.83. The van der Waals surface area contributed by atoms with Crippen LogP contribution in [-0.4, -0.2) is 23.2 Å². The molecule has 0 aliphatic carbocycles. The van der Waals surface area contributed by atoms with E-state index in [0.717, 1.165) is 18.2 Å². The zero-order chi connectivity index (χ0) is 21.6. The SMILES string of the molecule is O=S(=O)(O)C(c1ccc(Cl)cc1)(c1ccc(O)cc1O)c1cc(Cl)c(Cl)cc1Cl. The highest BCUT2D eigenvalue weighted by Gasteiger charge is 2.51. The van der Waals surface area contributed by atoms with Crippen LogP contribution in [0.25, 0.3) is 0 Å². The fourth-order valence-electron chi connectivity index (χ4n) is 3.18. The van der Waals surface area contributed by atoms with Crippen molar-refractivity contribution in [2.24, 2.45) is 0 Å². The first-order valence-electron chi connectivity index (χ1n) is 7.89. The monoisotopic (exact) mass is 492 g/mol. The van der Waals surface area contributed by atoms with Gasteiger partial charge < -0.3 is 10.2 Å². The third kappa shape index (κ3) is 3.77. The van der Waals surface area contributed by atoms with Gasteiger partial charge in [0.05, 0.1) is 10.0 Å². The molecule has 0 bridgehead atoms. The highest BCUT2D eigenvalue weighted by molar-refractivity contribution is 7.87. The van der Waals surface area contributed by atoms with Crippen molar-refractivity contribution in [1.82, 2.24) is 0 Å². The average molecular weight is 494 g/mol. The molecule has 0 aromatic heterocycles. The summed E-state index contributed by atoms with van der Waals surface area (Å²) in [4.78, 5) is 0. The van der Waals surface area contributed by atoms with Crippen LogP contribution in [0, 0.1) is 0 Å². The Hall–Kier alpha value is -1.67. The van der Waals surface area contributed by atoms with Crippen LogP contribution in [0.3, 0.4) is 0 Å². The number of phenolic OH excluding ortho intramolecular Hbond substituents is 2. The van der Waals surface area contributed by atoms with Crippen LogP contribution < -0.4 is 0 Å². The van der Waals surface area contributed by atoms with Crippen LogP contribution in [0.1, 0.15) is 16.7 Å². The lowest BCUT2D eigenvalue weighted by Gasteiger charge is -2.34. The quantitative estimate of drug-likeness (QED) is 0.239. The minimum Gasteiger partial charge on any atom is -0.508 e. The van der Waals surface area contributed by atoms with Crippen LogP contribution in [0.4, 0.5) is 0 Å². The third-order valence-corrected chi connectivity index (χ3v) is 7.12. The molecular formula is C19H12Cl4O5S. The maximum absolute atomic E-state index is 12.9. The average Bonchev–Trinajstić information content (AvgIpc) is 2.61. The molecule has 1 unspecified atom stereocenters. The van der Waals surface area contributed by atoms with E-state index < -0.39 is 20.6 Å². The largest absolute Gasteiger partial charge is 0.508 e. The predicted molar refractivity (Wildman–Crippen MR) is 114 cm³/mol. The second-order valence-corrected chi connectivity index (χ2v) is 9.33. The van der Waals surface area contributed by atoms with E-state index in [4.69, 9.17) is 46.4 Å². The number of phenols is 2. The number of halogens is 4. The first kappa shape index (κ1) is 22.0. The van der Waals surface area contributed by atoms with Crippen LogP contribution in [0.15, 0.2) is 54.6 Å². The Bertz CT molecular complexity index is 1200. The summed E-state index contributed by atoms with van der Waals surface area (Å²) in [7, 11) is -5.06. The molecule has 3 aromatic carbocycles. The second-order valence-electron chi connectivity index (χ2n) is 6.11. The van der Waals surface area contributed by atoms with Gasteiger partial charge >= 0.3 is 0 Å². The maximum Gasteiger partial charge on any atom is 0.283 e. The van der Waals surface area contributed by atoms with Gasteiger partial charge in [0.15, 0.2) is 4.75 Å². The molecular weight excluding hydrogens is 482 g/mol. The van der Waals surface area contributed by atoms with Gasteiger partial charge in [0, 0.05) is 27.2 Å². The van der Waals surface area contributed by atoms with E-state index in [1.54, 1.807) is 0 Å². The highest BCUT2D eigenvalue weighted by atomic mass is 35.5. The van der Waals surface area contributed by atoms with Gasteiger partial charge in [-0.1, -0.05) is 58.5 Å². The van der Waals surface area contributed by atoms with Gasteiger partial charge in [-0.2, -0.15) is 8.42 Å². The summed E-state index contributed by atoms with van der Waals surface area (Å²) in [6, 6.07) is 11.2. The molecule has 3 N–H and O–H groups in total. The fourth-order valence-corrected chi connectivity index (χ4v) is 5.38. The molecule has 5 nitrogen and oxygen atoms in total. The standard InChI is InChI=1S/C19H12Cl4O5S/c20-11-3-1-10(2-4-11)19(29(26,27)28,13-6-5-12(24)7-18(13)25)14-8-16(22)17(23)9-15(14)21/h1-9,24-25H,(H,26,27,28). The van der Waals surface area contributed by atoms with Crippen LogP contribution in [0.2, 0.25) is 20.1 Å². The zero-order valence-electron chi connectivity index (χ0n) is 14.3. The molecule has 152 valence electrons. The number of hydrogen-bond donors (Lipinski definition) is 3. The van der Waals surface area contributed by atoms with Crippen molar-refractivity contribution in [3.8, 4) is 11.5 Å². The molecule has 0 aliphatic rings. The molecule has 0 aliphatic heterocycles. The third-order valence-electron chi connectivity index (χ3n) is 4.39. The molecule has 0 fully saturated rings. The first-order valence-corrected chi connectivity index (χ1v) is 10.8. The van der Waals surface area contributed by atoms with Crippen LogP contribution in [-0.2, 0) is 14.9 Å². The summed E-state index contributed by atoms with van der Waals surface area (Å²) in [5.74, 6) is -0.911. The molecule has 29 heavy (non-hydrogen) atoms. The predicted octanol–water partition coefficient (Wildman–Crippen LogP) is 5.89. The van der Waals surface area contributed by atoms with Crippen molar-refractivity contribution in [3.05, 3.63) is 91.4 Å². The van der Waals surface area contributed by atoms with Crippen LogP contribution in [0.5, 0.6) is 11.5 Å². The summed E-state index contributed by atoms with van der Waals surface area (Å²) in [6.07, 6.45) is 0. The summed E-state index contributed by atoms with van der Waals surface area (Å²) < 4.78 is 33.9. The van der Waals surface area contributed by atoms with Gasteiger partial charge in [0.1, 0.15) is 11.5 Å². The van der Waals surface area contributed by atoms with Crippen molar-refractivity contribution >= 4 is 56.5 Å². The topological polar surface area (TPSA) is 94.8 Å². The number of rotatable bonds is 4. The molecule has 0 spiro atoms. The summed E-state index contributed by atoms with van der Waals surface area (Å²) in [5.41, 5.74) is -0.398. The van der Waals surface area contributed by atoms with E-state index in [9.17, 15) is 23.2 Å². The Balaban J connectivity index is 2.58. The summed E-state index contributed by atoms with van der Waals surface area (Å²) in [5, 5.41) is 20.4. The van der Waals surface area contributed by atoms with Gasteiger partial charge in [-0.05, 0) is 42.0 Å². The van der Waals surface area contributed by atoms with E-state index >= 15 is 0 Å². The van der Waals surface area contributed by atoms with Gasteiger partial charge in [0.2, 0.25) is 0 Å². The number of aromatic hydroxyl groups is 2. The van der Waals surface area contributed by atoms with Crippen molar-refractivity contribution in [2.75, 3.05) is 0 Å². The molecule has 0 heterocycles. The fraction of sp³-hybridized carbons (Fsp3) is 0.0526. The van der Waals surface area contributed by atoms with E-state index in [1.165, 1.54) is 36.4 Å². The minimum atomic E-state index is -5.06. The van der Waals surface area contributed by atoms with Crippen molar-refractivity contribution < 1.29 is 23.2 Å². The molecule has 0 saturated heterocycles. The molecule has 0 radical (unpaired) electrons. The van der Waals surface area contributed by atoms with Gasteiger partial charge in [-0.3, -0.25) is 4.55 Å². The smallest absolute Gasteiger partial charge is 0.283 e. The first-order chi connectivity index (χ1) is 13.5. The molecule has 3 rings (SSSR count). The Morgan fingerprint density at radius 2 is 1.31 bits per heavy atom. The summed E-state index contributed by atoms with van der Waals surface area (Å²) in [6.45, 7) is 0. The summed E-state index contributed by atoms with van der Waals surface area (Å²) >= 11 is 24.4. The van der Waals surface area contributed by atoms with E-state index in [-0.39, 0.29) is 37.5 Å². The zero-order valence-corrected chi connectivity index (χ0v) is 18.1. The molecule has 0 amide bonds. The second kappa shape index (κ2) is 7.87. The van der Waals surface area contributed by atoms with Crippen molar-refractivity contribution in [1.29, 1.82) is 0 Å². The lowest BCUT2D eigenvalue weighted by Crippen LogP contribution is -2.38.